The van der Waals surface area contributed by atoms with Gasteiger partial charge in [-0.3, -0.25) is 4.79 Å². The highest BCUT2D eigenvalue weighted by Crippen LogP contribution is 2.40. The van der Waals surface area contributed by atoms with E-state index < -0.39 is 0 Å². The SMILES string of the molecule is COc1cc(Cl)c(OC)c2c1CCCCC2=O. The zero-order valence-corrected chi connectivity index (χ0v) is 10.8. The monoisotopic (exact) mass is 254 g/mol. The summed E-state index contributed by atoms with van der Waals surface area (Å²) >= 11 is 6.11. The summed E-state index contributed by atoms with van der Waals surface area (Å²) in [4.78, 5) is 12.1. The Balaban J connectivity index is 2.69. The summed E-state index contributed by atoms with van der Waals surface area (Å²) in [7, 11) is 3.12. The molecule has 92 valence electrons. The third kappa shape index (κ3) is 2.12. The first kappa shape index (κ1) is 12.2. The molecule has 0 N–H and O–H groups in total. The minimum atomic E-state index is 0.0927. The number of Topliss-reactive ketones (excluding diaryl/α,β-unsaturated/α-hetero) is 1. The summed E-state index contributed by atoms with van der Waals surface area (Å²) < 4.78 is 10.6. The van der Waals surface area contributed by atoms with Gasteiger partial charge in [0.25, 0.3) is 0 Å². The molecular weight excluding hydrogens is 240 g/mol. The molecule has 0 aliphatic heterocycles. The Labute approximate surface area is 106 Å². The number of carbonyl (C=O) groups is 1. The average molecular weight is 255 g/mol. The van der Waals surface area contributed by atoms with E-state index in [9.17, 15) is 4.79 Å². The lowest BCUT2D eigenvalue weighted by Crippen LogP contribution is -2.06. The van der Waals surface area contributed by atoms with Crippen LogP contribution in [0.3, 0.4) is 0 Å². The Morgan fingerprint density at radius 2 is 1.88 bits per heavy atom. The number of rotatable bonds is 2. The summed E-state index contributed by atoms with van der Waals surface area (Å²) in [6.45, 7) is 0. The molecule has 0 spiro atoms. The van der Waals surface area contributed by atoms with Gasteiger partial charge in [-0.2, -0.15) is 0 Å². The molecule has 0 radical (unpaired) electrons. The van der Waals surface area contributed by atoms with Crippen LogP contribution >= 0.6 is 11.6 Å². The van der Waals surface area contributed by atoms with Crippen LogP contribution in [-0.2, 0) is 6.42 Å². The smallest absolute Gasteiger partial charge is 0.167 e. The molecule has 4 heteroatoms. The molecular formula is C13H15ClO3. The number of ketones is 1. The molecule has 17 heavy (non-hydrogen) atoms. The minimum absolute atomic E-state index is 0.0927. The summed E-state index contributed by atoms with van der Waals surface area (Å²) in [6.07, 6.45) is 3.27. The van der Waals surface area contributed by atoms with Gasteiger partial charge in [-0.1, -0.05) is 11.6 Å². The lowest BCUT2D eigenvalue weighted by molar-refractivity contribution is 0.0979. The van der Waals surface area contributed by atoms with Crippen LogP contribution in [0.5, 0.6) is 11.5 Å². The van der Waals surface area contributed by atoms with Crippen molar-refractivity contribution in [1.82, 2.24) is 0 Å². The molecule has 0 bridgehead atoms. The highest BCUT2D eigenvalue weighted by Gasteiger charge is 2.25. The highest BCUT2D eigenvalue weighted by atomic mass is 35.5. The van der Waals surface area contributed by atoms with Gasteiger partial charge in [0, 0.05) is 18.1 Å². The first-order chi connectivity index (χ1) is 8.19. The molecule has 1 aliphatic rings. The van der Waals surface area contributed by atoms with E-state index >= 15 is 0 Å². The van der Waals surface area contributed by atoms with Gasteiger partial charge >= 0.3 is 0 Å². The standard InChI is InChI=1S/C13H15ClO3/c1-16-11-7-9(14)13(17-2)12-8(11)5-3-4-6-10(12)15/h7H,3-6H2,1-2H3. The summed E-state index contributed by atoms with van der Waals surface area (Å²) in [6, 6.07) is 1.72. The molecule has 3 nitrogen and oxygen atoms in total. The maximum absolute atomic E-state index is 12.1. The number of ether oxygens (including phenoxy) is 2. The normalized spacial score (nSPS) is 15.1. The Morgan fingerprint density at radius 1 is 1.18 bits per heavy atom. The molecule has 1 aliphatic carbocycles. The first-order valence-corrected chi connectivity index (χ1v) is 6.03. The fourth-order valence-electron chi connectivity index (χ4n) is 2.28. The first-order valence-electron chi connectivity index (χ1n) is 5.65. The molecule has 0 saturated carbocycles. The van der Waals surface area contributed by atoms with Crippen molar-refractivity contribution in [1.29, 1.82) is 0 Å². The van der Waals surface area contributed by atoms with Crippen LogP contribution in [-0.4, -0.2) is 20.0 Å². The number of carbonyl (C=O) groups excluding carboxylic acids is 1. The van der Waals surface area contributed by atoms with Crippen molar-refractivity contribution >= 4 is 17.4 Å². The molecule has 1 aromatic carbocycles. The van der Waals surface area contributed by atoms with Crippen LogP contribution in [0.2, 0.25) is 5.02 Å². The fourth-order valence-corrected chi connectivity index (χ4v) is 2.56. The predicted molar refractivity (Wildman–Crippen MR) is 66.4 cm³/mol. The number of benzene rings is 1. The van der Waals surface area contributed by atoms with Gasteiger partial charge in [-0.15, -0.1) is 0 Å². The van der Waals surface area contributed by atoms with E-state index in [1.165, 1.54) is 7.11 Å². The minimum Gasteiger partial charge on any atom is -0.496 e. The van der Waals surface area contributed by atoms with E-state index in [1.807, 2.05) is 0 Å². The summed E-state index contributed by atoms with van der Waals surface area (Å²) in [5, 5.41) is 0.429. The van der Waals surface area contributed by atoms with Gasteiger partial charge in [0.2, 0.25) is 0 Å². The van der Waals surface area contributed by atoms with E-state index in [0.29, 0.717) is 28.5 Å². The van der Waals surface area contributed by atoms with Crippen molar-refractivity contribution in [3.63, 3.8) is 0 Å². The lowest BCUT2D eigenvalue weighted by Gasteiger charge is -2.15. The van der Waals surface area contributed by atoms with Gasteiger partial charge in [0.05, 0.1) is 24.8 Å². The van der Waals surface area contributed by atoms with Gasteiger partial charge in [0.15, 0.2) is 5.78 Å². The molecule has 0 atom stereocenters. The van der Waals surface area contributed by atoms with E-state index in [-0.39, 0.29) is 5.78 Å². The molecule has 0 amide bonds. The third-order valence-corrected chi connectivity index (χ3v) is 3.37. The van der Waals surface area contributed by atoms with Crippen LogP contribution in [0.4, 0.5) is 0 Å². The molecule has 0 heterocycles. The van der Waals surface area contributed by atoms with Crippen molar-refractivity contribution in [3.05, 3.63) is 22.2 Å². The van der Waals surface area contributed by atoms with Crippen molar-refractivity contribution in [2.45, 2.75) is 25.7 Å². The Bertz CT molecular complexity index is 454. The van der Waals surface area contributed by atoms with Crippen molar-refractivity contribution in [2.24, 2.45) is 0 Å². The number of halogens is 1. The Kier molecular flexibility index (Phi) is 3.57. The predicted octanol–water partition coefficient (Wildman–Crippen LogP) is 3.27. The number of hydrogen-bond acceptors (Lipinski definition) is 3. The van der Waals surface area contributed by atoms with E-state index in [1.54, 1.807) is 13.2 Å². The quantitative estimate of drug-likeness (QED) is 0.760. The average Bonchev–Trinajstić information content (AvgIpc) is 2.51. The van der Waals surface area contributed by atoms with Crippen LogP contribution in [0.25, 0.3) is 0 Å². The zero-order valence-electron chi connectivity index (χ0n) is 10.0. The van der Waals surface area contributed by atoms with Gasteiger partial charge < -0.3 is 9.47 Å². The Morgan fingerprint density at radius 3 is 2.53 bits per heavy atom. The molecule has 0 unspecified atom stereocenters. The van der Waals surface area contributed by atoms with Gasteiger partial charge in [-0.05, 0) is 19.3 Å². The van der Waals surface area contributed by atoms with Crippen LogP contribution in [0.1, 0.15) is 35.2 Å². The maximum Gasteiger partial charge on any atom is 0.167 e. The molecule has 1 aromatic rings. The Hall–Kier alpha value is -1.22. The second-order valence-electron chi connectivity index (χ2n) is 4.08. The van der Waals surface area contributed by atoms with Crippen LogP contribution in [0, 0.1) is 0 Å². The van der Waals surface area contributed by atoms with E-state index in [2.05, 4.69) is 0 Å². The van der Waals surface area contributed by atoms with Crippen LogP contribution < -0.4 is 9.47 Å². The molecule has 2 rings (SSSR count). The van der Waals surface area contributed by atoms with E-state index in [0.717, 1.165) is 24.8 Å². The van der Waals surface area contributed by atoms with Crippen molar-refractivity contribution in [3.8, 4) is 11.5 Å². The fraction of sp³-hybridized carbons (Fsp3) is 0.462. The second-order valence-corrected chi connectivity index (χ2v) is 4.48. The maximum atomic E-state index is 12.1. The van der Waals surface area contributed by atoms with Gasteiger partial charge in [-0.25, -0.2) is 0 Å². The largest absolute Gasteiger partial charge is 0.496 e. The zero-order chi connectivity index (χ0) is 12.4. The van der Waals surface area contributed by atoms with Crippen molar-refractivity contribution in [2.75, 3.05) is 14.2 Å². The van der Waals surface area contributed by atoms with Crippen molar-refractivity contribution < 1.29 is 14.3 Å². The highest BCUT2D eigenvalue weighted by molar-refractivity contribution is 6.33. The lowest BCUT2D eigenvalue weighted by atomic mass is 9.99. The number of methoxy groups -OCH3 is 2. The third-order valence-electron chi connectivity index (χ3n) is 3.08. The molecule has 0 aromatic heterocycles. The number of fused-ring (bicyclic) bond motifs is 1. The second kappa shape index (κ2) is 4.96. The van der Waals surface area contributed by atoms with Crippen LogP contribution in [0.15, 0.2) is 6.07 Å². The molecule has 0 saturated heterocycles. The summed E-state index contributed by atoms with van der Waals surface area (Å²) in [5.41, 5.74) is 1.53. The van der Waals surface area contributed by atoms with E-state index in [4.69, 9.17) is 21.1 Å². The number of hydrogen-bond donors (Lipinski definition) is 0. The summed E-state index contributed by atoms with van der Waals surface area (Å²) in [5.74, 6) is 1.26. The topological polar surface area (TPSA) is 35.5 Å². The van der Waals surface area contributed by atoms with Gasteiger partial charge in [0.1, 0.15) is 11.5 Å². The molecule has 0 fully saturated rings.